The number of halogens is 1. The van der Waals surface area contributed by atoms with Crippen LogP contribution in [-0.2, 0) is 14.4 Å². The van der Waals surface area contributed by atoms with E-state index in [4.69, 9.17) is 14.6 Å². The highest BCUT2D eigenvalue weighted by atomic mass is 79.9. The van der Waals surface area contributed by atoms with Crippen LogP contribution in [-0.4, -0.2) is 47.3 Å². The van der Waals surface area contributed by atoms with Crippen LogP contribution in [0.15, 0.2) is 33.9 Å². The monoisotopic (exact) mass is 462 g/mol. The van der Waals surface area contributed by atoms with E-state index in [9.17, 15) is 14.4 Å². The van der Waals surface area contributed by atoms with Crippen LogP contribution in [0.5, 0.6) is 11.5 Å². The molecule has 2 bridgehead atoms. The fraction of sp³-hybridized carbons (Fsp3) is 0.400. The number of carbonyl (C=O) groups is 3. The fourth-order valence-electron chi connectivity index (χ4n) is 4.31. The van der Waals surface area contributed by atoms with Crippen LogP contribution in [0.3, 0.4) is 0 Å². The van der Waals surface area contributed by atoms with Gasteiger partial charge in [-0.2, -0.15) is 10.1 Å². The Morgan fingerprint density at radius 1 is 1.28 bits per heavy atom. The molecule has 9 heteroatoms. The minimum Gasteiger partial charge on any atom is -0.493 e. The van der Waals surface area contributed by atoms with E-state index in [0.29, 0.717) is 15.8 Å². The van der Waals surface area contributed by atoms with Crippen LogP contribution in [0.2, 0.25) is 0 Å². The third-order valence-electron chi connectivity index (χ3n) is 5.67. The summed E-state index contributed by atoms with van der Waals surface area (Å²) in [6.07, 6.45) is 5.07. The van der Waals surface area contributed by atoms with E-state index >= 15 is 0 Å². The van der Waals surface area contributed by atoms with Crippen molar-refractivity contribution in [2.24, 2.45) is 28.8 Å². The lowest BCUT2D eigenvalue weighted by Crippen LogP contribution is -2.28. The van der Waals surface area contributed by atoms with Crippen molar-refractivity contribution >= 4 is 39.9 Å². The average molecular weight is 463 g/mol. The number of carboxylic acids is 1. The number of aliphatic carboxylic acids is 1. The molecule has 3 aliphatic rings. The molecule has 2 fully saturated rings. The lowest BCUT2D eigenvalue weighted by molar-refractivity contribution is -0.144. The van der Waals surface area contributed by atoms with Gasteiger partial charge in [-0.3, -0.25) is 9.59 Å². The summed E-state index contributed by atoms with van der Waals surface area (Å²) in [5, 5.41) is 14.2. The van der Waals surface area contributed by atoms with E-state index in [0.717, 1.165) is 11.4 Å². The molecule has 2 aliphatic carbocycles. The zero-order valence-electron chi connectivity index (χ0n) is 15.7. The third kappa shape index (κ3) is 3.23. The first-order valence-corrected chi connectivity index (χ1v) is 9.98. The fourth-order valence-corrected chi connectivity index (χ4v) is 4.76. The number of carboxylic acid groups (broad SMARTS) is 1. The number of methoxy groups -OCH3 is 1. The number of imide groups is 1. The number of fused-ring (bicyclic) bond motifs is 5. The molecule has 1 aliphatic heterocycles. The predicted molar refractivity (Wildman–Crippen MR) is 106 cm³/mol. The maximum atomic E-state index is 12.8. The van der Waals surface area contributed by atoms with Gasteiger partial charge in [-0.25, -0.2) is 4.79 Å². The third-order valence-corrected chi connectivity index (χ3v) is 6.13. The zero-order valence-corrected chi connectivity index (χ0v) is 17.3. The van der Waals surface area contributed by atoms with E-state index in [1.807, 2.05) is 12.2 Å². The van der Waals surface area contributed by atoms with E-state index in [1.165, 1.54) is 20.2 Å². The standard InChI is InChI=1S/C20H19BrN2O6/c1-9(20(26)27)29-17-12(6-13(21)7-14(17)28-2)8-22-23-18(24)15-10-3-4-11(5-10)16(15)19(23)25/h3-4,6-11,15-16H,5H2,1-2H3,(H,26,27)/t9-,10-,11-,15-,16+/m0/s1. The molecule has 8 nitrogen and oxygen atoms in total. The van der Waals surface area contributed by atoms with Crippen molar-refractivity contribution in [2.75, 3.05) is 7.11 Å². The van der Waals surface area contributed by atoms with Gasteiger partial charge < -0.3 is 14.6 Å². The second-order valence-corrected chi connectivity index (χ2v) is 8.27. The van der Waals surface area contributed by atoms with Crippen molar-refractivity contribution in [1.29, 1.82) is 0 Å². The number of hydrazone groups is 1. The van der Waals surface area contributed by atoms with Gasteiger partial charge in [-0.1, -0.05) is 28.1 Å². The van der Waals surface area contributed by atoms with Gasteiger partial charge in [0.2, 0.25) is 0 Å². The molecule has 152 valence electrons. The van der Waals surface area contributed by atoms with Gasteiger partial charge >= 0.3 is 5.97 Å². The van der Waals surface area contributed by atoms with Gasteiger partial charge in [-0.05, 0) is 37.3 Å². The first kappa shape index (κ1) is 19.6. The summed E-state index contributed by atoms with van der Waals surface area (Å²) >= 11 is 3.35. The van der Waals surface area contributed by atoms with Crippen LogP contribution < -0.4 is 9.47 Å². The summed E-state index contributed by atoms with van der Waals surface area (Å²) in [5.74, 6) is -1.75. The highest BCUT2D eigenvalue weighted by Gasteiger charge is 2.59. The SMILES string of the molecule is COc1cc(Br)cc(C=NN2C(=O)[C@@H]3[C@H](C2=O)[C@H]2C=C[C@H]3C2)c1O[C@@H](C)C(=O)O. The topological polar surface area (TPSA) is 106 Å². The van der Waals surface area contributed by atoms with Gasteiger partial charge in [0.15, 0.2) is 17.6 Å². The summed E-state index contributed by atoms with van der Waals surface area (Å²) in [6.45, 7) is 1.39. The number of hydrogen-bond donors (Lipinski definition) is 1. The predicted octanol–water partition coefficient (Wildman–Crippen LogP) is 2.45. The molecule has 29 heavy (non-hydrogen) atoms. The van der Waals surface area contributed by atoms with Crippen molar-refractivity contribution < 1.29 is 29.0 Å². The normalized spacial score (nSPS) is 28.3. The minimum absolute atomic E-state index is 0.0999. The highest BCUT2D eigenvalue weighted by molar-refractivity contribution is 9.10. The molecule has 1 aromatic rings. The van der Waals surface area contributed by atoms with Crippen LogP contribution in [0.1, 0.15) is 18.9 Å². The zero-order chi connectivity index (χ0) is 20.9. The molecular formula is C20H19BrN2O6. The number of rotatable bonds is 6. The smallest absolute Gasteiger partial charge is 0.344 e. The summed E-state index contributed by atoms with van der Waals surface area (Å²) in [5.41, 5.74) is 0.378. The van der Waals surface area contributed by atoms with Crippen LogP contribution in [0, 0.1) is 23.7 Å². The van der Waals surface area contributed by atoms with Crippen molar-refractivity contribution in [3.8, 4) is 11.5 Å². The van der Waals surface area contributed by atoms with Crippen molar-refractivity contribution in [3.05, 3.63) is 34.3 Å². The minimum atomic E-state index is -1.14. The first-order valence-electron chi connectivity index (χ1n) is 9.19. The van der Waals surface area contributed by atoms with E-state index < -0.39 is 12.1 Å². The lowest BCUT2D eigenvalue weighted by Gasteiger charge is -2.17. The maximum Gasteiger partial charge on any atom is 0.344 e. The Bertz CT molecular complexity index is 929. The average Bonchev–Trinajstić information content (AvgIpc) is 3.36. The van der Waals surface area contributed by atoms with E-state index in [1.54, 1.807) is 12.1 Å². The van der Waals surface area contributed by atoms with Crippen LogP contribution >= 0.6 is 15.9 Å². The lowest BCUT2D eigenvalue weighted by atomic mass is 9.85. The molecule has 0 spiro atoms. The van der Waals surface area contributed by atoms with Gasteiger partial charge in [0.25, 0.3) is 11.8 Å². The molecule has 0 radical (unpaired) electrons. The summed E-state index contributed by atoms with van der Waals surface area (Å²) < 4.78 is 11.5. The molecule has 1 saturated heterocycles. The number of nitrogens with zero attached hydrogens (tertiary/aromatic N) is 2. The number of hydrogen-bond acceptors (Lipinski definition) is 6. The number of amides is 2. The van der Waals surface area contributed by atoms with Gasteiger partial charge in [0.1, 0.15) is 0 Å². The number of ether oxygens (including phenoxy) is 2. The summed E-state index contributed by atoms with van der Waals surface area (Å²) in [6, 6.07) is 3.27. The Morgan fingerprint density at radius 3 is 2.45 bits per heavy atom. The highest BCUT2D eigenvalue weighted by Crippen LogP contribution is 2.52. The van der Waals surface area contributed by atoms with Crippen LogP contribution in [0.4, 0.5) is 0 Å². The van der Waals surface area contributed by atoms with Crippen molar-refractivity contribution in [2.45, 2.75) is 19.4 Å². The van der Waals surface area contributed by atoms with Gasteiger partial charge in [0, 0.05) is 10.0 Å². The number of carbonyl (C=O) groups excluding carboxylic acids is 2. The molecule has 0 unspecified atom stereocenters. The van der Waals surface area contributed by atoms with E-state index in [-0.39, 0.29) is 41.2 Å². The first-order chi connectivity index (χ1) is 13.8. The molecule has 1 N–H and O–H groups in total. The largest absolute Gasteiger partial charge is 0.493 e. The van der Waals surface area contributed by atoms with Crippen molar-refractivity contribution in [1.82, 2.24) is 5.01 Å². The quantitative estimate of drug-likeness (QED) is 0.395. The Hall–Kier alpha value is -2.68. The maximum absolute atomic E-state index is 12.8. The second-order valence-electron chi connectivity index (χ2n) is 7.36. The van der Waals surface area contributed by atoms with Gasteiger partial charge in [-0.15, -0.1) is 0 Å². The molecule has 5 atom stereocenters. The second kappa shape index (κ2) is 7.29. The Balaban J connectivity index is 1.65. The van der Waals surface area contributed by atoms with Crippen LogP contribution in [0.25, 0.3) is 0 Å². The Morgan fingerprint density at radius 2 is 1.90 bits per heavy atom. The van der Waals surface area contributed by atoms with Gasteiger partial charge in [0.05, 0.1) is 25.2 Å². The summed E-state index contributed by atoms with van der Waals surface area (Å²) in [4.78, 5) is 36.7. The molecule has 4 rings (SSSR count). The summed E-state index contributed by atoms with van der Waals surface area (Å²) in [7, 11) is 1.43. The van der Waals surface area contributed by atoms with Crippen molar-refractivity contribution in [3.63, 3.8) is 0 Å². The molecule has 1 aromatic carbocycles. The molecule has 0 aromatic heterocycles. The Labute approximate surface area is 175 Å². The number of benzene rings is 1. The number of allylic oxidation sites excluding steroid dienone is 2. The van der Waals surface area contributed by atoms with E-state index in [2.05, 4.69) is 21.0 Å². The molecule has 1 heterocycles. The molecular weight excluding hydrogens is 444 g/mol. The Kier molecular flexibility index (Phi) is 4.94. The molecule has 2 amide bonds. The molecule has 1 saturated carbocycles.